The van der Waals surface area contributed by atoms with Gasteiger partial charge in [0.15, 0.2) is 0 Å². The third kappa shape index (κ3) is 3.03. The molecule has 0 radical (unpaired) electrons. The van der Waals surface area contributed by atoms with Gasteiger partial charge in [-0.2, -0.15) is 0 Å². The summed E-state index contributed by atoms with van der Waals surface area (Å²) in [6, 6.07) is 12.8. The average Bonchev–Trinajstić information content (AvgIpc) is 2.71. The van der Waals surface area contributed by atoms with Gasteiger partial charge in [-0.3, -0.25) is 9.59 Å². The van der Waals surface area contributed by atoms with Crippen LogP contribution in [0, 0.1) is 0 Å². The normalized spacial score (nSPS) is 20.0. The first-order valence-corrected chi connectivity index (χ1v) is 8.73. The first-order valence-electron chi connectivity index (χ1n) is 8.73. The van der Waals surface area contributed by atoms with Crippen LogP contribution in [0.5, 0.6) is 11.5 Å². The minimum Gasteiger partial charge on any atom is -0.497 e. The number of methoxy groups -OCH3 is 2. The Morgan fingerprint density at radius 3 is 2.59 bits per heavy atom. The molecule has 2 aliphatic heterocycles. The molecule has 6 nitrogen and oxygen atoms in total. The molecular formula is C21H20N2O4. The first-order chi connectivity index (χ1) is 13.1. The van der Waals surface area contributed by atoms with Crippen LogP contribution < -0.4 is 14.8 Å². The van der Waals surface area contributed by atoms with Crippen molar-refractivity contribution in [2.45, 2.75) is 19.0 Å². The van der Waals surface area contributed by atoms with Gasteiger partial charge in [0.05, 0.1) is 14.2 Å². The van der Waals surface area contributed by atoms with Gasteiger partial charge in [0.25, 0.3) is 5.91 Å². The zero-order valence-electron chi connectivity index (χ0n) is 15.2. The fourth-order valence-electron chi connectivity index (χ4n) is 3.59. The van der Waals surface area contributed by atoms with Crippen LogP contribution in [0.4, 0.5) is 0 Å². The molecule has 0 saturated carbocycles. The Hall–Kier alpha value is -3.28. The van der Waals surface area contributed by atoms with E-state index in [1.165, 1.54) is 0 Å². The molecule has 1 unspecified atom stereocenters. The molecule has 1 N–H and O–H groups in total. The van der Waals surface area contributed by atoms with Crippen molar-refractivity contribution in [2.24, 2.45) is 0 Å². The van der Waals surface area contributed by atoms with Crippen molar-refractivity contribution in [1.29, 1.82) is 0 Å². The van der Waals surface area contributed by atoms with E-state index in [0.717, 1.165) is 11.1 Å². The lowest BCUT2D eigenvalue weighted by molar-refractivity contribution is -0.143. The highest BCUT2D eigenvalue weighted by Gasteiger charge is 2.40. The van der Waals surface area contributed by atoms with Crippen molar-refractivity contribution in [3.8, 4) is 11.5 Å². The van der Waals surface area contributed by atoms with E-state index < -0.39 is 6.04 Å². The van der Waals surface area contributed by atoms with Gasteiger partial charge in [0, 0.05) is 24.6 Å². The molecule has 6 heteroatoms. The predicted molar refractivity (Wildman–Crippen MR) is 100 cm³/mol. The van der Waals surface area contributed by atoms with Crippen LogP contribution in [-0.2, 0) is 22.6 Å². The van der Waals surface area contributed by atoms with E-state index in [0.29, 0.717) is 30.0 Å². The third-order valence-corrected chi connectivity index (χ3v) is 5.04. The number of nitrogens with zero attached hydrogens (tertiary/aromatic N) is 1. The summed E-state index contributed by atoms with van der Waals surface area (Å²) in [5, 5.41) is 2.77. The Bertz CT molecular complexity index is 951. The number of amides is 2. The summed E-state index contributed by atoms with van der Waals surface area (Å²) in [7, 11) is 3.13. The second-order valence-electron chi connectivity index (χ2n) is 6.58. The van der Waals surface area contributed by atoms with Gasteiger partial charge in [-0.15, -0.1) is 0 Å². The number of rotatable bonds is 3. The monoisotopic (exact) mass is 364 g/mol. The SMILES string of the molecule is COc1ccc(/C=C2/NC(=O)C3Cc4ccccc4CN3C2=O)c(OC)c1. The van der Waals surface area contributed by atoms with E-state index in [2.05, 4.69) is 5.32 Å². The van der Waals surface area contributed by atoms with Gasteiger partial charge in [-0.1, -0.05) is 24.3 Å². The van der Waals surface area contributed by atoms with Crippen molar-refractivity contribution < 1.29 is 19.1 Å². The van der Waals surface area contributed by atoms with Gasteiger partial charge in [0.2, 0.25) is 5.91 Å². The summed E-state index contributed by atoms with van der Waals surface area (Å²) in [6.45, 7) is 0.435. The summed E-state index contributed by atoms with van der Waals surface area (Å²) in [5.41, 5.74) is 3.14. The molecule has 2 aromatic rings. The molecule has 4 rings (SSSR count). The Morgan fingerprint density at radius 1 is 1.07 bits per heavy atom. The number of piperazine rings is 1. The molecule has 1 saturated heterocycles. The Morgan fingerprint density at radius 2 is 1.85 bits per heavy atom. The molecule has 2 heterocycles. The number of ether oxygens (including phenoxy) is 2. The zero-order chi connectivity index (χ0) is 19.0. The maximum absolute atomic E-state index is 13.0. The molecule has 0 spiro atoms. The molecule has 2 aromatic carbocycles. The second-order valence-corrected chi connectivity index (χ2v) is 6.58. The van der Waals surface area contributed by atoms with E-state index in [1.807, 2.05) is 24.3 Å². The maximum atomic E-state index is 13.0. The van der Waals surface area contributed by atoms with Crippen LogP contribution >= 0.6 is 0 Å². The smallest absolute Gasteiger partial charge is 0.271 e. The molecule has 138 valence electrons. The number of benzene rings is 2. The van der Waals surface area contributed by atoms with E-state index >= 15 is 0 Å². The molecule has 0 aliphatic carbocycles. The minimum absolute atomic E-state index is 0.164. The largest absolute Gasteiger partial charge is 0.497 e. The molecule has 2 amide bonds. The number of hydrogen-bond acceptors (Lipinski definition) is 4. The van der Waals surface area contributed by atoms with Gasteiger partial charge in [-0.25, -0.2) is 0 Å². The van der Waals surface area contributed by atoms with Crippen LogP contribution in [0.15, 0.2) is 48.2 Å². The van der Waals surface area contributed by atoms with Crippen molar-refractivity contribution in [3.63, 3.8) is 0 Å². The zero-order valence-corrected chi connectivity index (χ0v) is 15.2. The molecule has 0 aromatic heterocycles. The highest BCUT2D eigenvalue weighted by molar-refractivity contribution is 6.07. The quantitative estimate of drug-likeness (QED) is 0.848. The summed E-state index contributed by atoms with van der Waals surface area (Å²) >= 11 is 0. The summed E-state index contributed by atoms with van der Waals surface area (Å²) in [6.07, 6.45) is 2.18. The number of carbonyl (C=O) groups is 2. The van der Waals surface area contributed by atoms with Crippen LogP contribution in [0.3, 0.4) is 0 Å². The third-order valence-electron chi connectivity index (χ3n) is 5.04. The molecule has 1 fully saturated rings. The number of hydrogen-bond donors (Lipinski definition) is 1. The summed E-state index contributed by atoms with van der Waals surface area (Å²) in [4.78, 5) is 27.3. The fraction of sp³-hybridized carbons (Fsp3) is 0.238. The highest BCUT2D eigenvalue weighted by atomic mass is 16.5. The van der Waals surface area contributed by atoms with Gasteiger partial charge < -0.3 is 19.7 Å². The Balaban J connectivity index is 1.68. The van der Waals surface area contributed by atoms with E-state index in [-0.39, 0.29) is 17.5 Å². The predicted octanol–water partition coefficient (Wildman–Crippen LogP) is 2.13. The van der Waals surface area contributed by atoms with E-state index in [1.54, 1.807) is 43.4 Å². The number of fused-ring (bicyclic) bond motifs is 2. The van der Waals surface area contributed by atoms with E-state index in [9.17, 15) is 9.59 Å². The average molecular weight is 364 g/mol. The van der Waals surface area contributed by atoms with Gasteiger partial charge in [0.1, 0.15) is 23.2 Å². The Labute approximate surface area is 157 Å². The topological polar surface area (TPSA) is 67.9 Å². The van der Waals surface area contributed by atoms with Crippen LogP contribution in [0.2, 0.25) is 0 Å². The van der Waals surface area contributed by atoms with Crippen molar-refractivity contribution in [1.82, 2.24) is 10.2 Å². The Kier molecular flexibility index (Phi) is 4.32. The number of nitrogens with one attached hydrogen (secondary N) is 1. The van der Waals surface area contributed by atoms with Gasteiger partial charge in [-0.05, 0) is 29.3 Å². The van der Waals surface area contributed by atoms with Crippen LogP contribution in [0.1, 0.15) is 16.7 Å². The molecule has 27 heavy (non-hydrogen) atoms. The number of carbonyl (C=O) groups excluding carboxylic acids is 2. The van der Waals surface area contributed by atoms with Crippen molar-refractivity contribution in [2.75, 3.05) is 14.2 Å². The standard InChI is InChI=1S/C21H20N2O4/c1-26-16-8-7-14(19(11-16)27-2)9-17-21(25)23-12-15-6-4-3-5-13(15)10-18(23)20(24)22-17/h3-9,11,18H,10,12H2,1-2H3,(H,22,24)/b17-9+. The highest BCUT2D eigenvalue weighted by Crippen LogP contribution is 2.30. The van der Waals surface area contributed by atoms with Crippen molar-refractivity contribution >= 4 is 17.9 Å². The van der Waals surface area contributed by atoms with E-state index in [4.69, 9.17) is 9.47 Å². The van der Waals surface area contributed by atoms with Crippen LogP contribution in [0.25, 0.3) is 6.08 Å². The second kappa shape index (κ2) is 6.79. The fourth-order valence-corrected chi connectivity index (χ4v) is 3.59. The molecule has 0 bridgehead atoms. The lowest BCUT2D eigenvalue weighted by Gasteiger charge is -2.40. The molecule has 2 aliphatic rings. The molecular weight excluding hydrogens is 344 g/mol. The molecule has 1 atom stereocenters. The summed E-state index contributed by atoms with van der Waals surface area (Å²) in [5.74, 6) is 0.866. The maximum Gasteiger partial charge on any atom is 0.271 e. The van der Waals surface area contributed by atoms with Gasteiger partial charge >= 0.3 is 0 Å². The lowest BCUT2D eigenvalue weighted by atomic mass is 9.91. The first kappa shape index (κ1) is 17.1. The van der Waals surface area contributed by atoms with Crippen LogP contribution in [-0.4, -0.2) is 37.0 Å². The summed E-state index contributed by atoms with van der Waals surface area (Å²) < 4.78 is 10.6. The van der Waals surface area contributed by atoms with Crippen molar-refractivity contribution in [3.05, 3.63) is 64.9 Å². The minimum atomic E-state index is -0.470. The lowest BCUT2D eigenvalue weighted by Crippen LogP contribution is -2.58.